The molecule has 5 heteroatoms. The van der Waals surface area contributed by atoms with Crippen molar-refractivity contribution < 1.29 is 4.79 Å². The molecule has 1 heterocycles. The molecular formula is C18H17N3OS. The van der Waals surface area contributed by atoms with Gasteiger partial charge in [-0.2, -0.15) is 0 Å². The first-order chi connectivity index (χ1) is 11.1. The number of carbonyl (C=O) groups excluding carboxylic acids is 1. The van der Waals surface area contributed by atoms with E-state index in [1.807, 2.05) is 62.6 Å². The predicted octanol–water partition coefficient (Wildman–Crippen LogP) is 4.28. The average Bonchev–Trinajstić information content (AvgIpc) is 2.88. The molecule has 1 aliphatic heterocycles. The molecule has 1 N–H and O–H groups in total. The quantitative estimate of drug-likeness (QED) is 0.917. The minimum absolute atomic E-state index is 0.101. The zero-order valence-electron chi connectivity index (χ0n) is 13.0. The van der Waals surface area contributed by atoms with Crippen LogP contribution in [0.3, 0.4) is 0 Å². The zero-order valence-corrected chi connectivity index (χ0v) is 13.8. The second kappa shape index (κ2) is 6.71. The Morgan fingerprint density at radius 1 is 1.04 bits per heavy atom. The van der Waals surface area contributed by atoms with Crippen molar-refractivity contribution in [3.63, 3.8) is 0 Å². The van der Waals surface area contributed by atoms with Gasteiger partial charge in [0.05, 0.1) is 10.6 Å². The van der Waals surface area contributed by atoms with Crippen molar-refractivity contribution in [2.75, 3.05) is 19.0 Å². The lowest BCUT2D eigenvalue weighted by molar-refractivity contribution is 0.265. The molecule has 0 aromatic heterocycles. The molecule has 0 spiro atoms. The SMILES string of the molecule is CN(C)c1ccc(/C=C2/SC(=O)NC2=Nc2ccccc2)cc1. The minimum Gasteiger partial charge on any atom is -0.378 e. The number of benzene rings is 2. The second-order valence-corrected chi connectivity index (χ2v) is 6.32. The summed E-state index contributed by atoms with van der Waals surface area (Å²) in [6, 6.07) is 17.8. The highest BCUT2D eigenvalue weighted by Gasteiger charge is 2.23. The molecule has 2 aromatic rings. The molecule has 2 aromatic carbocycles. The Bertz CT molecular complexity index is 765. The first-order valence-electron chi connectivity index (χ1n) is 7.24. The third-order valence-electron chi connectivity index (χ3n) is 3.36. The molecule has 1 saturated heterocycles. The van der Waals surface area contributed by atoms with Crippen LogP contribution in [0.1, 0.15) is 5.56 Å². The number of hydrogen-bond donors (Lipinski definition) is 1. The van der Waals surface area contributed by atoms with Crippen LogP contribution in [-0.2, 0) is 0 Å². The number of amidine groups is 1. The summed E-state index contributed by atoms with van der Waals surface area (Å²) in [4.78, 5) is 19.1. The van der Waals surface area contributed by atoms with E-state index in [1.54, 1.807) is 0 Å². The number of anilines is 1. The van der Waals surface area contributed by atoms with Crippen molar-refractivity contribution in [2.45, 2.75) is 0 Å². The summed E-state index contributed by atoms with van der Waals surface area (Å²) in [5.41, 5.74) is 2.99. The van der Waals surface area contributed by atoms with E-state index in [4.69, 9.17) is 0 Å². The number of carbonyl (C=O) groups is 1. The van der Waals surface area contributed by atoms with Crippen LogP contribution in [0.4, 0.5) is 16.2 Å². The van der Waals surface area contributed by atoms with E-state index in [9.17, 15) is 4.79 Å². The number of hydrogen-bond acceptors (Lipinski definition) is 4. The van der Waals surface area contributed by atoms with Crippen LogP contribution < -0.4 is 10.2 Å². The van der Waals surface area contributed by atoms with Gasteiger partial charge in [0.1, 0.15) is 5.84 Å². The normalized spacial score (nSPS) is 17.6. The average molecular weight is 323 g/mol. The standard InChI is InChI=1S/C18H17N3OS/c1-21(2)15-10-8-13(9-11-15)12-16-17(20-18(22)23-16)19-14-6-4-3-5-7-14/h3-12H,1-2H3,(H,19,20,22)/b16-12+. The van der Waals surface area contributed by atoms with Gasteiger partial charge in [-0.1, -0.05) is 30.3 Å². The maximum Gasteiger partial charge on any atom is 0.289 e. The zero-order chi connectivity index (χ0) is 16.2. The molecule has 116 valence electrons. The van der Waals surface area contributed by atoms with Gasteiger partial charge in [0.25, 0.3) is 5.24 Å². The fraction of sp³-hybridized carbons (Fsp3) is 0.111. The molecule has 0 atom stereocenters. The van der Waals surface area contributed by atoms with Crippen molar-refractivity contribution >= 4 is 40.3 Å². The van der Waals surface area contributed by atoms with Crippen LogP contribution in [0.5, 0.6) is 0 Å². The van der Waals surface area contributed by atoms with Gasteiger partial charge in [-0.25, -0.2) is 4.99 Å². The summed E-state index contributed by atoms with van der Waals surface area (Å²) in [6.07, 6.45) is 1.98. The van der Waals surface area contributed by atoms with E-state index < -0.39 is 0 Å². The maximum atomic E-state index is 11.7. The van der Waals surface area contributed by atoms with Gasteiger partial charge in [0, 0.05) is 19.8 Å². The van der Waals surface area contributed by atoms with Gasteiger partial charge in [-0.3, -0.25) is 4.79 Å². The third-order valence-corrected chi connectivity index (χ3v) is 4.18. The Kier molecular flexibility index (Phi) is 4.48. The van der Waals surface area contributed by atoms with Gasteiger partial charge in [-0.05, 0) is 47.7 Å². The van der Waals surface area contributed by atoms with Crippen molar-refractivity contribution in [1.82, 2.24) is 5.32 Å². The molecule has 0 radical (unpaired) electrons. The van der Waals surface area contributed by atoms with Crippen LogP contribution in [0.25, 0.3) is 6.08 Å². The number of nitrogens with one attached hydrogen (secondary N) is 1. The topological polar surface area (TPSA) is 44.7 Å². The molecule has 1 aliphatic rings. The summed E-state index contributed by atoms with van der Waals surface area (Å²) in [5.74, 6) is 0.600. The van der Waals surface area contributed by atoms with Gasteiger partial charge >= 0.3 is 0 Å². The number of nitrogens with zero attached hydrogens (tertiary/aromatic N) is 2. The van der Waals surface area contributed by atoms with Gasteiger partial charge in [0.2, 0.25) is 0 Å². The molecule has 1 fully saturated rings. The number of amides is 1. The van der Waals surface area contributed by atoms with Crippen molar-refractivity contribution in [2.24, 2.45) is 4.99 Å². The molecular weight excluding hydrogens is 306 g/mol. The minimum atomic E-state index is -0.101. The van der Waals surface area contributed by atoms with Crippen molar-refractivity contribution in [1.29, 1.82) is 0 Å². The Hall–Kier alpha value is -2.53. The molecule has 3 rings (SSSR count). The molecule has 0 unspecified atom stereocenters. The molecule has 23 heavy (non-hydrogen) atoms. The van der Waals surface area contributed by atoms with Gasteiger partial charge in [0.15, 0.2) is 0 Å². The maximum absolute atomic E-state index is 11.7. The highest BCUT2D eigenvalue weighted by molar-refractivity contribution is 8.18. The van der Waals surface area contributed by atoms with Crippen LogP contribution in [0, 0.1) is 0 Å². The monoisotopic (exact) mass is 323 g/mol. The Balaban J connectivity index is 1.90. The summed E-state index contributed by atoms with van der Waals surface area (Å²) in [5, 5.41) is 2.70. The molecule has 0 saturated carbocycles. The van der Waals surface area contributed by atoms with E-state index in [-0.39, 0.29) is 5.24 Å². The van der Waals surface area contributed by atoms with E-state index in [0.717, 1.165) is 21.8 Å². The highest BCUT2D eigenvalue weighted by Crippen LogP contribution is 2.28. The fourth-order valence-corrected chi connectivity index (χ4v) is 2.90. The van der Waals surface area contributed by atoms with Gasteiger partial charge < -0.3 is 10.2 Å². The summed E-state index contributed by atoms with van der Waals surface area (Å²) >= 11 is 1.17. The Labute approximate surface area is 139 Å². The number of para-hydroxylation sites is 1. The van der Waals surface area contributed by atoms with Crippen LogP contribution in [0.15, 0.2) is 64.5 Å². The first kappa shape index (κ1) is 15.4. The van der Waals surface area contributed by atoms with Crippen LogP contribution in [-0.4, -0.2) is 25.2 Å². The summed E-state index contributed by atoms with van der Waals surface area (Å²) in [6.45, 7) is 0. The van der Waals surface area contributed by atoms with E-state index in [1.165, 1.54) is 11.8 Å². The predicted molar refractivity (Wildman–Crippen MR) is 98.4 cm³/mol. The fourth-order valence-electron chi connectivity index (χ4n) is 2.16. The Morgan fingerprint density at radius 2 is 1.74 bits per heavy atom. The Morgan fingerprint density at radius 3 is 2.39 bits per heavy atom. The van der Waals surface area contributed by atoms with Crippen LogP contribution in [0.2, 0.25) is 0 Å². The number of aliphatic imine (C=N–C) groups is 1. The van der Waals surface area contributed by atoms with Crippen molar-refractivity contribution in [3.05, 3.63) is 65.1 Å². The third kappa shape index (κ3) is 3.81. The number of thioether (sulfide) groups is 1. The van der Waals surface area contributed by atoms with E-state index >= 15 is 0 Å². The van der Waals surface area contributed by atoms with Crippen molar-refractivity contribution in [3.8, 4) is 0 Å². The van der Waals surface area contributed by atoms with Gasteiger partial charge in [-0.15, -0.1) is 0 Å². The molecule has 0 bridgehead atoms. The second-order valence-electron chi connectivity index (χ2n) is 5.31. The lowest BCUT2D eigenvalue weighted by Gasteiger charge is -2.11. The lowest BCUT2D eigenvalue weighted by atomic mass is 10.2. The first-order valence-corrected chi connectivity index (χ1v) is 8.05. The summed E-state index contributed by atoms with van der Waals surface area (Å²) < 4.78 is 0. The molecule has 4 nitrogen and oxygen atoms in total. The van der Waals surface area contributed by atoms with E-state index in [2.05, 4.69) is 27.3 Å². The lowest BCUT2D eigenvalue weighted by Crippen LogP contribution is -2.18. The number of rotatable bonds is 3. The molecule has 0 aliphatic carbocycles. The molecule has 1 amide bonds. The van der Waals surface area contributed by atoms with E-state index in [0.29, 0.717) is 5.84 Å². The van der Waals surface area contributed by atoms with Crippen LogP contribution >= 0.6 is 11.8 Å². The smallest absolute Gasteiger partial charge is 0.289 e. The highest BCUT2D eigenvalue weighted by atomic mass is 32.2. The summed E-state index contributed by atoms with van der Waals surface area (Å²) in [7, 11) is 4.01. The largest absolute Gasteiger partial charge is 0.378 e.